The van der Waals surface area contributed by atoms with Crippen LogP contribution in [0.5, 0.6) is 5.88 Å². The summed E-state index contributed by atoms with van der Waals surface area (Å²) in [5.74, 6) is 0.741. The normalized spacial score (nSPS) is 8.33. The minimum Gasteiger partial charge on any atom is -0.481 e. The van der Waals surface area contributed by atoms with Gasteiger partial charge in [0.15, 0.2) is 0 Å². The molecule has 0 fully saturated rings. The van der Waals surface area contributed by atoms with Crippen molar-refractivity contribution < 1.29 is 4.74 Å². The fraction of sp³-hybridized carbons (Fsp3) is 0.500. The lowest BCUT2D eigenvalue weighted by molar-refractivity contribution is 0.393. The van der Waals surface area contributed by atoms with Crippen molar-refractivity contribution in [2.45, 2.75) is 27.2 Å². The van der Waals surface area contributed by atoms with Crippen LogP contribution in [0.2, 0.25) is 0 Å². The van der Waals surface area contributed by atoms with Crippen molar-refractivity contribution in [2.75, 3.05) is 7.11 Å². The number of hydrogen-bond donors (Lipinski definition) is 0. The van der Waals surface area contributed by atoms with Gasteiger partial charge in [0.25, 0.3) is 0 Å². The Labute approximate surface area is 74.6 Å². The maximum Gasteiger partial charge on any atom is 0.216 e. The van der Waals surface area contributed by atoms with Gasteiger partial charge in [-0.1, -0.05) is 26.8 Å². The van der Waals surface area contributed by atoms with Crippen LogP contribution in [0, 0.1) is 0 Å². The highest BCUT2D eigenvalue weighted by atomic mass is 16.5. The first-order valence-electron chi connectivity index (χ1n) is 4.36. The van der Waals surface area contributed by atoms with Crippen molar-refractivity contribution >= 4 is 0 Å². The van der Waals surface area contributed by atoms with E-state index in [0.717, 1.165) is 17.9 Å². The number of ether oxygens (including phenoxy) is 1. The summed E-state index contributed by atoms with van der Waals surface area (Å²) in [6, 6.07) is 3.94. The molecule has 0 atom stereocenters. The third kappa shape index (κ3) is 2.91. The smallest absolute Gasteiger partial charge is 0.216 e. The van der Waals surface area contributed by atoms with Crippen molar-refractivity contribution in [3.05, 3.63) is 23.9 Å². The summed E-state index contributed by atoms with van der Waals surface area (Å²) in [5, 5.41) is 0. The lowest BCUT2D eigenvalue weighted by atomic mass is 10.2. The lowest BCUT2D eigenvalue weighted by Crippen LogP contribution is -1.91. The van der Waals surface area contributed by atoms with E-state index in [-0.39, 0.29) is 0 Å². The topological polar surface area (TPSA) is 22.1 Å². The van der Waals surface area contributed by atoms with E-state index in [1.165, 1.54) is 0 Å². The quantitative estimate of drug-likeness (QED) is 0.675. The first-order chi connectivity index (χ1) is 5.88. The lowest BCUT2D eigenvalue weighted by Gasteiger charge is -2.02. The number of aromatic nitrogens is 1. The van der Waals surface area contributed by atoms with Crippen LogP contribution in [0.25, 0.3) is 0 Å². The van der Waals surface area contributed by atoms with Gasteiger partial charge < -0.3 is 4.74 Å². The molecular weight excluding hydrogens is 150 g/mol. The molecule has 2 nitrogen and oxygen atoms in total. The Morgan fingerprint density at radius 2 is 2.08 bits per heavy atom. The Morgan fingerprint density at radius 3 is 2.50 bits per heavy atom. The molecule has 1 heterocycles. The SMILES string of the molecule is CC.CCc1cccnc1OC. The first-order valence-corrected chi connectivity index (χ1v) is 4.36. The molecular formula is C10H17NO. The molecule has 0 amide bonds. The Bertz CT molecular complexity index is 188. The molecule has 0 aromatic carbocycles. The van der Waals surface area contributed by atoms with Crippen molar-refractivity contribution in [3.8, 4) is 5.88 Å². The number of pyridine rings is 1. The van der Waals surface area contributed by atoms with Crippen molar-refractivity contribution in [3.63, 3.8) is 0 Å². The molecule has 0 aliphatic heterocycles. The van der Waals surface area contributed by atoms with Gasteiger partial charge in [-0.3, -0.25) is 0 Å². The molecule has 12 heavy (non-hydrogen) atoms. The zero-order chi connectivity index (χ0) is 9.40. The third-order valence-electron chi connectivity index (χ3n) is 1.42. The molecule has 1 aromatic rings. The zero-order valence-corrected chi connectivity index (χ0v) is 8.29. The summed E-state index contributed by atoms with van der Waals surface area (Å²) < 4.78 is 5.03. The highest BCUT2D eigenvalue weighted by molar-refractivity contribution is 5.24. The predicted octanol–water partition coefficient (Wildman–Crippen LogP) is 2.68. The summed E-state index contributed by atoms with van der Waals surface area (Å²) in [4.78, 5) is 4.05. The van der Waals surface area contributed by atoms with Crippen molar-refractivity contribution in [1.29, 1.82) is 0 Å². The highest BCUT2D eigenvalue weighted by Gasteiger charge is 1.97. The van der Waals surface area contributed by atoms with E-state index in [1.54, 1.807) is 13.3 Å². The molecule has 0 bridgehead atoms. The summed E-state index contributed by atoms with van der Waals surface area (Å²) in [5.41, 5.74) is 1.16. The van der Waals surface area contributed by atoms with Gasteiger partial charge in [0.1, 0.15) is 0 Å². The van der Waals surface area contributed by atoms with E-state index in [0.29, 0.717) is 0 Å². The van der Waals surface area contributed by atoms with Crippen LogP contribution in [0.15, 0.2) is 18.3 Å². The van der Waals surface area contributed by atoms with E-state index in [2.05, 4.69) is 11.9 Å². The minimum atomic E-state index is 0.741. The fourth-order valence-corrected chi connectivity index (χ4v) is 0.877. The van der Waals surface area contributed by atoms with E-state index in [9.17, 15) is 0 Å². The fourth-order valence-electron chi connectivity index (χ4n) is 0.877. The second-order valence-corrected chi connectivity index (χ2v) is 2.03. The van der Waals surface area contributed by atoms with Gasteiger partial charge in [0.05, 0.1) is 7.11 Å². The standard InChI is InChI=1S/C8H11NO.C2H6/c1-3-7-5-4-6-9-8(7)10-2;1-2/h4-6H,3H2,1-2H3;1-2H3. The Hall–Kier alpha value is -1.05. The van der Waals surface area contributed by atoms with Crippen LogP contribution in [-0.2, 0) is 6.42 Å². The van der Waals surface area contributed by atoms with Gasteiger partial charge in [-0.05, 0) is 12.5 Å². The molecule has 0 aliphatic carbocycles. The molecule has 0 saturated carbocycles. The molecule has 1 rings (SSSR count). The Morgan fingerprint density at radius 1 is 1.42 bits per heavy atom. The summed E-state index contributed by atoms with van der Waals surface area (Å²) in [7, 11) is 1.64. The second-order valence-electron chi connectivity index (χ2n) is 2.03. The van der Waals surface area contributed by atoms with Crippen molar-refractivity contribution in [1.82, 2.24) is 4.98 Å². The minimum absolute atomic E-state index is 0.741. The molecule has 0 spiro atoms. The number of hydrogen-bond acceptors (Lipinski definition) is 2. The molecule has 68 valence electrons. The van der Waals surface area contributed by atoms with Gasteiger partial charge in [0, 0.05) is 11.8 Å². The summed E-state index contributed by atoms with van der Waals surface area (Å²) in [6.45, 7) is 6.08. The summed E-state index contributed by atoms with van der Waals surface area (Å²) >= 11 is 0. The van der Waals surface area contributed by atoms with Crippen LogP contribution in [0.3, 0.4) is 0 Å². The monoisotopic (exact) mass is 167 g/mol. The average molecular weight is 167 g/mol. The summed E-state index contributed by atoms with van der Waals surface area (Å²) in [6.07, 6.45) is 2.70. The number of rotatable bonds is 2. The van der Waals surface area contributed by atoms with Crippen LogP contribution >= 0.6 is 0 Å². The molecule has 0 radical (unpaired) electrons. The van der Waals surface area contributed by atoms with Gasteiger partial charge in [0.2, 0.25) is 5.88 Å². The molecule has 1 aromatic heterocycles. The maximum absolute atomic E-state index is 5.03. The van der Waals surface area contributed by atoms with Crippen LogP contribution < -0.4 is 4.74 Å². The molecule has 0 N–H and O–H groups in total. The second kappa shape index (κ2) is 6.65. The zero-order valence-electron chi connectivity index (χ0n) is 8.29. The first kappa shape index (κ1) is 11.0. The largest absolute Gasteiger partial charge is 0.481 e. The van der Waals surface area contributed by atoms with Crippen LogP contribution in [-0.4, -0.2) is 12.1 Å². The van der Waals surface area contributed by atoms with Crippen LogP contribution in [0.4, 0.5) is 0 Å². The Kier molecular flexibility index (Phi) is 6.07. The van der Waals surface area contributed by atoms with E-state index in [1.807, 2.05) is 26.0 Å². The predicted molar refractivity (Wildman–Crippen MR) is 51.5 cm³/mol. The van der Waals surface area contributed by atoms with Gasteiger partial charge in [-0.25, -0.2) is 4.98 Å². The molecule has 0 aliphatic rings. The van der Waals surface area contributed by atoms with Crippen molar-refractivity contribution in [2.24, 2.45) is 0 Å². The van der Waals surface area contributed by atoms with E-state index >= 15 is 0 Å². The molecule has 0 saturated heterocycles. The van der Waals surface area contributed by atoms with Crippen LogP contribution in [0.1, 0.15) is 26.3 Å². The van der Waals surface area contributed by atoms with Gasteiger partial charge in [-0.2, -0.15) is 0 Å². The average Bonchev–Trinajstić information content (AvgIpc) is 2.20. The number of methoxy groups -OCH3 is 1. The maximum atomic E-state index is 5.03. The molecule has 2 heteroatoms. The molecule has 0 unspecified atom stereocenters. The van der Waals surface area contributed by atoms with Gasteiger partial charge in [-0.15, -0.1) is 0 Å². The highest BCUT2D eigenvalue weighted by Crippen LogP contribution is 2.12. The Balaban J connectivity index is 0.000000561. The van der Waals surface area contributed by atoms with E-state index < -0.39 is 0 Å². The third-order valence-corrected chi connectivity index (χ3v) is 1.42. The number of nitrogens with zero attached hydrogens (tertiary/aromatic N) is 1. The van der Waals surface area contributed by atoms with Gasteiger partial charge >= 0.3 is 0 Å². The van der Waals surface area contributed by atoms with E-state index in [4.69, 9.17) is 4.74 Å². The number of aryl methyl sites for hydroxylation is 1.